The zero-order valence-corrected chi connectivity index (χ0v) is 11.8. The molecule has 5 nitrogen and oxygen atoms in total. The van der Waals surface area contributed by atoms with Crippen LogP contribution in [0.3, 0.4) is 0 Å². The van der Waals surface area contributed by atoms with Gasteiger partial charge in [0.25, 0.3) is 5.91 Å². The van der Waals surface area contributed by atoms with Crippen molar-refractivity contribution in [1.29, 1.82) is 0 Å². The Balaban J connectivity index is 2.01. The van der Waals surface area contributed by atoms with Gasteiger partial charge in [-0.25, -0.2) is 0 Å². The third kappa shape index (κ3) is 2.44. The van der Waals surface area contributed by atoms with Gasteiger partial charge in [0.1, 0.15) is 5.56 Å². The number of amidine groups is 1. The molecule has 1 amide bonds. The summed E-state index contributed by atoms with van der Waals surface area (Å²) in [4.78, 5) is 31.5. The number of fused-ring (bicyclic) bond motifs is 1. The number of carbonyl (C=O) groups excluding carboxylic acids is 1. The number of H-pyrrole nitrogens is 1. The molecule has 20 heavy (non-hydrogen) atoms. The number of hydrogen-bond acceptors (Lipinski definition) is 4. The molecule has 0 aliphatic carbocycles. The summed E-state index contributed by atoms with van der Waals surface area (Å²) < 4.78 is 0. The van der Waals surface area contributed by atoms with Crippen molar-refractivity contribution in [3.05, 3.63) is 45.2 Å². The minimum absolute atomic E-state index is 0.0509. The summed E-state index contributed by atoms with van der Waals surface area (Å²) in [5, 5.41) is 4.04. The molecule has 0 bridgehead atoms. The topological polar surface area (TPSA) is 74.3 Å². The van der Waals surface area contributed by atoms with Gasteiger partial charge in [-0.2, -0.15) is 0 Å². The van der Waals surface area contributed by atoms with E-state index in [0.29, 0.717) is 27.6 Å². The Bertz CT molecular complexity index is 785. The molecule has 3 rings (SSSR count). The highest BCUT2D eigenvalue weighted by atomic mass is 35.5. The fourth-order valence-electron chi connectivity index (χ4n) is 1.93. The Kier molecular flexibility index (Phi) is 3.50. The van der Waals surface area contributed by atoms with E-state index < -0.39 is 5.91 Å². The van der Waals surface area contributed by atoms with Crippen molar-refractivity contribution in [3.8, 4) is 0 Å². The minimum Gasteiger partial charge on any atom is -0.360 e. The van der Waals surface area contributed by atoms with Crippen LogP contribution < -0.4 is 10.7 Å². The van der Waals surface area contributed by atoms with Crippen molar-refractivity contribution >= 4 is 45.3 Å². The number of amides is 1. The fourth-order valence-corrected chi connectivity index (χ4v) is 2.83. The van der Waals surface area contributed by atoms with Gasteiger partial charge in [-0.3, -0.25) is 14.6 Å². The Morgan fingerprint density at radius 2 is 2.30 bits per heavy atom. The minimum atomic E-state index is -0.457. The Morgan fingerprint density at radius 1 is 1.45 bits per heavy atom. The predicted octanol–water partition coefficient (Wildman–Crippen LogP) is 2.01. The number of aromatic amines is 1. The van der Waals surface area contributed by atoms with E-state index in [1.165, 1.54) is 18.0 Å². The van der Waals surface area contributed by atoms with Gasteiger partial charge in [0.2, 0.25) is 5.43 Å². The van der Waals surface area contributed by atoms with Crippen LogP contribution in [0.15, 0.2) is 34.2 Å². The Labute approximate surface area is 123 Å². The van der Waals surface area contributed by atoms with Crippen LogP contribution >= 0.6 is 23.4 Å². The average molecular weight is 308 g/mol. The molecule has 102 valence electrons. The average Bonchev–Trinajstić information content (AvgIpc) is 2.92. The number of aliphatic imine (C=N–C) groups is 1. The van der Waals surface area contributed by atoms with Crippen LogP contribution in [0.1, 0.15) is 10.4 Å². The number of carbonyl (C=O) groups is 1. The van der Waals surface area contributed by atoms with Gasteiger partial charge < -0.3 is 10.3 Å². The van der Waals surface area contributed by atoms with Gasteiger partial charge in [-0.1, -0.05) is 23.4 Å². The fraction of sp³-hybridized carbons (Fsp3) is 0.154. The summed E-state index contributed by atoms with van der Waals surface area (Å²) in [5.41, 5.74) is 0.348. The second-order valence-electron chi connectivity index (χ2n) is 4.21. The first-order valence-corrected chi connectivity index (χ1v) is 7.31. The molecule has 0 saturated heterocycles. The third-order valence-corrected chi connectivity index (χ3v) is 4.02. The molecule has 2 aromatic rings. The maximum absolute atomic E-state index is 12.3. The van der Waals surface area contributed by atoms with Gasteiger partial charge in [0.05, 0.1) is 6.54 Å². The highest BCUT2D eigenvalue weighted by molar-refractivity contribution is 8.14. The number of rotatable bonds is 1. The van der Waals surface area contributed by atoms with Crippen molar-refractivity contribution in [3.63, 3.8) is 0 Å². The second kappa shape index (κ2) is 5.30. The predicted molar refractivity (Wildman–Crippen MR) is 81.8 cm³/mol. The molecule has 1 aromatic carbocycles. The maximum Gasteiger partial charge on any atom is 0.262 e. The van der Waals surface area contributed by atoms with Crippen LogP contribution in [-0.4, -0.2) is 28.4 Å². The molecule has 0 atom stereocenters. The van der Waals surface area contributed by atoms with E-state index in [0.717, 1.165) is 5.75 Å². The van der Waals surface area contributed by atoms with E-state index >= 15 is 0 Å². The van der Waals surface area contributed by atoms with Crippen molar-refractivity contribution in [2.75, 3.05) is 12.3 Å². The zero-order valence-electron chi connectivity index (χ0n) is 10.3. The van der Waals surface area contributed by atoms with Crippen molar-refractivity contribution in [2.45, 2.75) is 0 Å². The number of nitrogens with one attached hydrogen (secondary N) is 2. The van der Waals surface area contributed by atoms with Gasteiger partial charge in [0.15, 0.2) is 5.17 Å². The van der Waals surface area contributed by atoms with Crippen LogP contribution in [-0.2, 0) is 0 Å². The van der Waals surface area contributed by atoms with E-state index in [1.807, 2.05) is 0 Å². The molecule has 0 radical (unpaired) electrons. The lowest BCUT2D eigenvalue weighted by molar-refractivity contribution is 0.0977. The van der Waals surface area contributed by atoms with Crippen LogP contribution in [0.25, 0.3) is 10.9 Å². The van der Waals surface area contributed by atoms with E-state index in [2.05, 4.69) is 15.3 Å². The van der Waals surface area contributed by atoms with Gasteiger partial charge in [-0.15, -0.1) is 0 Å². The second-order valence-corrected chi connectivity index (χ2v) is 5.73. The molecular weight excluding hydrogens is 298 g/mol. The molecule has 0 saturated carbocycles. The van der Waals surface area contributed by atoms with E-state index in [1.54, 1.807) is 18.2 Å². The first-order chi connectivity index (χ1) is 9.65. The van der Waals surface area contributed by atoms with Gasteiger partial charge >= 0.3 is 0 Å². The standard InChI is InChI=1S/C13H10ClN3O2S/c14-7-1-2-10-8(5-7)11(18)9(6-16-10)12(19)17-13-15-3-4-20-13/h1-2,5-6H,3-4H2,(H,16,18)(H,15,17,19). The molecule has 0 fully saturated rings. The molecule has 0 spiro atoms. The molecule has 0 unspecified atom stereocenters. The Hall–Kier alpha value is -1.79. The van der Waals surface area contributed by atoms with Crippen LogP contribution in [0, 0.1) is 0 Å². The summed E-state index contributed by atoms with van der Waals surface area (Å²) in [5.74, 6) is 0.389. The lowest BCUT2D eigenvalue weighted by atomic mass is 10.1. The number of thioether (sulfide) groups is 1. The SMILES string of the molecule is O=C(NC1=NCCS1)c1c[nH]c2ccc(Cl)cc2c1=O. The molecule has 7 heteroatoms. The van der Waals surface area contributed by atoms with Crippen molar-refractivity contribution in [2.24, 2.45) is 4.99 Å². The van der Waals surface area contributed by atoms with Crippen LogP contribution in [0.4, 0.5) is 0 Å². The third-order valence-electron chi connectivity index (χ3n) is 2.89. The molecule has 2 N–H and O–H groups in total. The molecule has 1 aromatic heterocycles. The van der Waals surface area contributed by atoms with Crippen molar-refractivity contribution < 1.29 is 4.79 Å². The molecular formula is C13H10ClN3O2S. The van der Waals surface area contributed by atoms with Crippen LogP contribution in [0.5, 0.6) is 0 Å². The summed E-state index contributed by atoms with van der Waals surface area (Å²) in [6.45, 7) is 0.684. The summed E-state index contributed by atoms with van der Waals surface area (Å²) in [6.07, 6.45) is 1.41. The highest BCUT2D eigenvalue weighted by Crippen LogP contribution is 2.15. The number of nitrogens with zero attached hydrogens (tertiary/aromatic N) is 1. The monoisotopic (exact) mass is 307 g/mol. The zero-order chi connectivity index (χ0) is 14.1. The number of benzene rings is 1. The number of aromatic nitrogens is 1. The molecule has 2 heterocycles. The molecule has 1 aliphatic rings. The number of hydrogen-bond donors (Lipinski definition) is 2. The molecule has 1 aliphatic heterocycles. The highest BCUT2D eigenvalue weighted by Gasteiger charge is 2.16. The first-order valence-electron chi connectivity index (χ1n) is 5.95. The smallest absolute Gasteiger partial charge is 0.262 e. The Morgan fingerprint density at radius 3 is 3.05 bits per heavy atom. The quantitative estimate of drug-likeness (QED) is 0.846. The number of pyridine rings is 1. The summed E-state index contributed by atoms with van der Waals surface area (Å²) >= 11 is 7.35. The van der Waals surface area contributed by atoms with Crippen LogP contribution in [0.2, 0.25) is 5.02 Å². The lowest BCUT2D eigenvalue weighted by Gasteiger charge is -2.05. The van der Waals surface area contributed by atoms with E-state index in [4.69, 9.17) is 11.6 Å². The maximum atomic E-state index is 12.3. The van der Waals surface area contributed by atoms with E-state index in [9.17, 15) is 9.59 Å². The van der Waals surface area contributed by atoms with Crippen molar-refractivity contribution in [1.82, 2.24) is 10.3 Å². The lowest BCUT2D eigenvalue weighted by Crippen LogP contribution is -2.31. The normalized spacial score (nSPS) is 14.3. The summed E-state index contributed by atoms with van der Waals surface area (Å²) in [6, 6.07) is 4.94. The largest absolute Gasteiger partial charge is 0.360 e. The van der Waals surface area contributed by atoms with Gasteiger partial charge in [-0.05, 0) is 18.2 Å². The number of halogens is 1. The van der Waals surface area contributed by atoms with Gasteiger partial charge in [0, 0.05) is 27.9 Å². The summed E-state index contributed by atoms with van der Waals surface area (Å²) in [7, 11) is 0. The van der Waals surface area contributed by atoms with E-state index in [-0.39, 0.29) is 11.0 Å². The first kappa shape index (κ1) is 13.2.